The van der Waals surface area contributed by atoms with E-state index < -0.39 is 16.2 Å². The van der Waals surface area contributed by atoms with Gasteiger partial charge in [0.05, 0.1) is 32.4 Å². The highest BCUT2D eigenvalue weighted by molar-refractivity contribution is 7.19. The fourth-order valence-electron chi connectivity index (χ4n) is 3.80. The van der Waals surface area contributed by atoms with Crippen LogP contribution in [0, 0.1) is 10.1 Å². The third-order valence-electron chi connectivity index (χ3n) is 5.59. The average molecular weight is 471 g/mol. The van der Waals surface area contributed by atoms with Gasteiger partial charge >= 0.3 is 5.97 Å². The van der Waals surface area contributed by atoms with Crippen molar-refractivity contribution in [3.05, 3.63) is 74.1 Å². The van der Waals surface area contributed by atoms with Gasteiger partial charge in [-0.15, -0.1) is 11.3 Å². The molecular weight excluding hydrogens is 452 g/mol. The second-order valence-corrected chi connectivity index (χ2v) is 9.21. The average Bonchev–Trinajstić information content (AvgIpc) is 3.49. The number of hydrogen-bond acceptors (Lipinski definition) is 6. The SMILES string of the molecule is CCOC(=O)C1(c2ccc(-c3ccc(-c4sc(Cl)cc4C(N)=O)cc3[N+](=O)[O-])cc2)CC1. The number of carbonyl (C=O) groups excluding carboxylic acids is 2. The van der Waals surface area contributed by atoms with E-state index in [0.29, 0.717) is 32.5 Å². The number of nitro benzene ring substituents is 1. The van der Waals surface area contributed by atoms with Gasteiger partial charge in [0, 0.05) is 10.9 Å². The molecule has 32 heavy (non-hydrogen) atoms. The number of ether oxygens (including phenoxy) is 1. The molecule has 164 valence electrons. The first-order valence-electron chi connectivity index (χ1n) is 9.93. The molecular formula is C23H19ClN2O5S. The van der Waals surface area contributed by atoms with Crippen molar-refractivity contribution >= 4 is 40.5 Å². The van der Waals surface area contributed by atoms with Crippen LogP contribution in [0.5, 0.6) is 0 Å². The summed E-state index contributed by atoms with van der Waals surface area (Å²) >= 11 is 7.17. The number of esters is 1. The molecule has 1 amide bonds. The Morgan fingerprint density at radius 2 is 1.81 bits per heavy atom. The lowest BCUT2D eigenvalue weighted by molar-refractivity contribution is -0.384. The second kappa shape index (κ2) is 8.37. The molecule has 0 saturated heterocycles. The first-order chi connectivity index (χ1) is 15.3. The highest BCUT2D eigenvalue weighted by Crippen LogP contribution is 2.49. The van der Waals surface area contributed by atoms with E-state index >= 15 is 0 Å². The molecule has 7 nitrogen and oxygen atoms in total. The van der Waals surface area contributed by atoms with E-state index in [1.165, 1.54) is 12.1 Å². The largest absolute Gasteiger partial charge is 0.465 e. The van der Waals surface area contributed by atoms with Crippen molar-refractivity contribution in [1.82, 2.24) is 0 Å². The monoisotopic (exact) mass is 470 g/mol. The Hall–Kier alpha value is -3.23. The number of primary amides is 1. The van der Waals surface area contributed by atoms with Crippen LogP contribution in [-0.2, 0) is 14.9 Å². The fourth-order valence-corrected chi connectivity index (χ4v) is 5.03. The lowest BCUT2D eigenvalue weighted by atomic mass is 9.93. The molecule has 1 saturated carbocycles. The van der Waals surface area contributed by atoms with Crippen LogP contribution in [0.4, 0.5) is 5.69 Å². The standard InChI is InChI=1S/C23H19ClN2O5S/c1-2-31-22(28)23(9-10-23)15-6-3-13(4-7-15)16-8-5-14(11-18(16)26(29)30)20-17(21(25)27)12-19(24)32-20/h3-8,11-12H,2,9-10H2,1H3,(H2,25,27). The molecule has 2 aromatic carbocycles. The van der Waals surface area contributed by atoms with Crippen LogP contribution in [0.2, 0.25) is 4.34 Å². The highest BCUT2D eigenvalue weighted by Gasteiger charge is 2.52. The van der Waals surface area contributed by atoms with Crippen LogP contribution >= 0.6 is 22.9 Å². The van der Waals surface area contributed by atoms with Gasteiger partial charge in [-0.05, 0) is 48.6 Å². The van der Waals surface area contributed by atoms with E-state index in [0.717, 1.165) is 29.7 Å². The second-order valence-electron chi connectivity index (χ2n) is 7.53. The molecule has 1 aromatic heterocycles. The fraction of sp³-hybridized carbons (Fsp3) is 0.217. The van der Waals surface area contributed by atoms with E-state index in [1.807, 2.05) is 12.1 Å². The van der Waals surface area contributed by atoms with E-state index in [4.69, 9.17) is 22.1 Å². The minimum atomic E-state index is -0.652. The van der Waals surface area contributed by atoms with Crippen molar-refractivity contribution in [3.8, 4) is 21.6 Å². The molecule has 0 aliphatic heterocycles. The van der Waals surface area contributed by atoms with E-state index in [1.54, 1.807) is 31.2 Å². The summed E-state index contributed by atoms with van der Waals surface area (Å²) in [5, 5.41) is 11.8. The molecule has 0 unspecified atom stereocenters. The van der Waals surface area contributed by atoms with Gasteiger partial charge in [0.25, 0.3) is 5.69 Å². The molecule has 0 radical (unpaired) electrons. The molecule has 2 N–H and O–H groups in total. The third-order valence-corrected chi connectivity index (χ3v) is 6.90. The summed E-state index contributed by atoms with van der Waals surface area (Å²) in [5.74, 6) is -0.885. The minimum Gasteiger partial charge on any atom is -0.465 e. The molecule has 3 aromatic rings. The lowest BCUT2D eigenvalue weighted by Crippen LogP contribution is -2.23. The molecule has 1 fully saturated rings. The Labute approximate surface area is 192 Å². The summed E-state index contributed by atoms with van der Waals surface area (Å²) in [4.78, 5) is 35.9. The molecule has 0 spiro atoms. The summed E-state index contributed by atoms with van der Waals surface area (Å²) in [5.41, 5.74) is 7.33. The van der Waals surface area contributed by atoms with Gasteiger partial charge in [0.1, 0.15) is 0 Å². The number of nitro groups is 1. The quantitative estimate of drug-likeness (QED) is 0.284. The molecule has 1 aliphatic rings. The van der Waals surface area contributed by atoms with Crippen LogP contribution in [0.1, 0.15) is 35.7 Å². The number of halogens is 1. The summed E-state index contributed by atoms with van der Waals surface area (Å²) in [6.45, 7) is 2.10. The van der Waals surface area contributed by atoms with Crippen LogP contribution in [0.15, 0.2) is 48.5 Å². The van der Waals surface area contributed by atoms with E-state index in [2.05, 4.69) is 0 Å². The zero-order valence-electron chi connectivity index (χ0n) is 17.1. The number of carbonyl (C=O) groups is 2. The predicted molar refractivity (Wildman–Crippen MR) is 123 cm³/mol. The molecule has 1 aliphatic carbocycles. The van der Waals surface area contributed by atoms with Crippen LogP contribution in [-0.4, -0.2) is 23.4 Å². The first kappa shape index (κ1) is 22.0. The zero-order valence-corrected chi connectivity index (χ0v) is 18.7. The topological polar surface area (TPSA) is 113 Å². The van der Waals surface area contributed by atoms with E-state index in [-0.39, 0.29) is 17.2 Å². The number of nitrogens with zero attached hydrogens (tertiary/aromatic N) is 1. The summed E-state index contributed by atoms with van der Waals surface area (Å²) in [6.07, 6.45) is 1.46. The summed E-state index contributed by atoms with van der Waals surface area (Å²) in [6, 6.07) is 13.4. The smallest absolute Gasteiger partial charge is 0.316 e. The number of thiophene rings is 1. The highest BCUT2D eigenvalue weighted by atomic mass is 35.5. The Bertz CT molecular complexity index is 1230. The molecule has 0 bridgehead atoms. The number of benzene rings is 2. The van der Waals surface area contributed by atoms with Crippen molar-refractivity contribution < 1.29 is 19.2 Å². The van der Waals surface area contributed by atoms with Gasteiger partial charge in [-0.2, -0.15) is 0 Å². The van der Waals surface area contributed by atoms with E-state index in [9.17, 15) is 19.7 Å². The number of amides is 1. The summed E-state index contributed by atoms with van der Waals surface area (Å²) in [7, 11) is 0. The minimum absolute atomic E-state index is 0.110. The maximum Gasteiger partial charge on any atom is 0.316 e. The Morgan fingerprint density at radius 3 is 2.38 bits per heavy atom. The number of rotatable bonds is 7. The maximum absolute atomic E-state index is 12.3. The zero-order chi connectivity index (χ0) is 23.0. The predicted octanol–water partition coefficient (Wildman–Crippen LogP) is 5.34. The van der Waals surface area contributed by atoms with Gasteiger partial charge in [-0.25, -0.2) is 0 Å². The lowest BCUT2D eigenvalue weighted by Gasteiger charge is -2.15. The van der Waals surface area contributed by atoms with Gasteiger partial charge in [0.2, 0.25) is 5.91 Å². The molecule has 4 rings (SSSR count). The van der Waals surface area contributed by atoms with Gasteiger partial charge in [-0.1, -0.05) is 41.9 Å². The van der Waals surface area contributed by atoms with Gasteiger partial charge in [0.15, 0.2) is 0 Å². The Balaban J connectivity index is 1.71. The van der Waals surface area contributed by atoms with Gasteiger partial charge in [-0.3, -0.25) is 19.7 Å². The molecule has 0 atom stereocenters. The molecule has 9 heteroatoms. The summed E-state index contributed by atoms with van der Waals surface area (Å²) < 4.78 is 5.57. The first-order valence-corrected chi connectivity index (χ1v) is 11.1. The Morgan fingerprint density at radius 1 is 1.16 bits per heavy atom. The Kier molecular flexibility index (Phi) is 5.75. The normalized spacial score (nSPS) is 14.1. The maximum atomic E-state index is 12.3. The van der Waals surface area contributed by atoms with Crippen molar-refractivity contribution in [2.45, 2.75) is 25.2 Å². The van der Waals surface area contributed by atoms with Crippen LogP contribution in [0.25, 0.3) is 21.6 Å². The van der Waals surface area contributed by atoms with Crippen LogP contribution < -0.4 is 5.73 Å². The van der Waals surface area contributed by atoms with Crippen molar-refractivity contribution in [2.75, 3.05) is 6.61 Å². The van der Waals surface area contributed by atoms with Gasteiger partial charge < -0.3 is 10.5 Å². The van der Waals surface area contributed by atoms with Crippen LogP contribution in [0.3, 0.4) is 0 Å². The van der Waals surface area contributed by atoms with Crippen molar-refractivity contribution in [2.24, 2.45) is 5.73 Å². The number of hydrogen-bond donors (Lipinski definition) is 1. The third kappa shape index (κ3) is 3.87. The molecule has 1 heterocycles. The van der Waals surface area contributed by atoms with Crippen molar-refractivity contribution in [1.29, 1.82) is 0 Å². The van der Waals surface area contributed by atoms with Crippen molar-refractivity contribution in [3.63, 3.8) is 0 Å². The number of nitrogens with two attached hydrogens (primary N) is 1.